The van der Waals surface area contributed by atoms with Crippen molar-refractivity contribution in [3.63, 3.8) is 0 Å². The van der Waals surface area contributed by atoms with Gasteiger partial charge in [-0.25, -0.2) is 13.6 Å². The number of amides is 2. The summed E-state index contributed by atoms with van der Waals surface area (Å²) in [5, 5.41) is 6.50. The Labute approximate surface area is 201 Å². The summed E-state index contributed by atoms with van der Waals surface area (Å²) in [6, 6.07) is 19.2. The van der Waals surface area contributed by atoms with Crippen LogP contribution in [-0.4, -0.2) is 23.0 Å². The Bertz CT molecular complexity index is 1320. The topological polar surface area (TPSA) is 83.2 Å². The second kappa shape index (κ2) is 10.8. The standard InChI is InChI=1S/C27H25F2N3O3/c1-17(19-7-3-2-4-8-19)31-26(33)25(14-20-15-30-24-10-6-5-9-21(20)24)32-27(34)35-16-18-11-12-22(28)23(29)13-18/h2-13,15,17,25,30H,14,16H2,1H3,(H,31,33)(H,32,34)/t17-,25+/m0/s1. The average Bonchev–Trinajstić information content (AvgIpc) is 3.27. The minimum absolute atomic E-state index is 0.220. The Hall–Kier alpha value is -4.20. The van der Waals surface area contributed by atoms with Crippen LogP contribution in [0, 0.1) is 11.6 Å². The van der Waals surface area contributed by atoms with Gasteiger partial charge in [-0.2, -0.15) is 0 Å². The molecule has 8 heteroatoms. The number of aromatic nitrogens is 1. The first-order chi connectivity index (χ1) is 16.9. The van der Waals surface area contributed by atoms with Gasteiger partial charge in [0.05, 0.1) is 6.04 Å². The molecule has 0 saturated carbocycles. The highest BCUT2D eigenvalue weighted by Gasteiger charge is 2.25. The number of ether oxygens (including phenoxy) is 1. The zero-order valence-corrected chi connectivity index (χ0v) is 19.1. The van der Waals surface area contributed by atoms with Gasteiger partial charge in [-0.05, 0) is 41.8 Å². The number of hydrogen-bond acceptors (Lipinski definition) is 3. The van der Waals surface area contributed by atoms with Crippen molar-refractivity contribution in [1.29, 1.82) is 0 Å². The molecule has 0 aliphatic rings. The molecular formula is C27H25F2N3O3. The average molecular weight is 478 g/mol. The van der Waals surface area contributed by atoms with E-state index in [1.165, 1.54) is 6.07 Å². The SMILES string of the molecule is C[C@H](NC(=O)[C@@H](Cc1c[nH]c2ccccc12)NC(=O)OCc1ccc(F)c(F)c1)c1ccccc1. The number of fused-ring (bicyclic) bond motifs is 1. The predicted molar refractivity (Wildman–Crippen MR) is 128 cm³/mol. The van der Waals surface area contributed by atoms with Gasteiger partial charge in [-0.15, -0.1) is 0 Å². The van der Waals surface area contributed by atoms with Gasteiger partial charge in [0.15, 0.2) is 11.6 Å². The number of hydrogen-bond donors (Lipinski definition) is 3. The van der Waals surface area contributed by atoms with Crippen LogP contribution in [0.2, 0.25) is 0 Å². The third kappa shape index (κ3) is 6.03. The fraction of sp³-hybridized carbons (Fsp3) is 0.185. The smallest absolute Gasteiger partial charge is 0.408 e. The Balaban J connectivity index is 1.48. The molecule has 4 rings (SSSR count). The second-order valence-corrected chi connectivity index (χ2v) is 8.23. The van der Waals surface area contributed by atoms with Crippen molar-refractivity contribution in [1.82, 2.24) is 15.6 Å². The Morgan fingerprint density at radius 1 is 0.943 bits per heavy atom. The molecule has 4 aromatic rings. The summed E-state index contributed by atoms with van der Waals surface area (Å²) in [6.07, 6.45) is 1.18. The molecule has 0 saturated heterocycles. The minimum atomic E-state index is -1.03. The van der Waals surface area contributed by atoms with Crippen LogP contribution in [0.25, 0.3) is 10.9 Å². The largest absolute Gasteiger partial charge is 0.445 e. The van der Waals surface area contributed by atoms with E-state index in [0.29, 0.717) is 0 Å². The van der Waals surface area contributed by atoms with Crippen molar-refractivity contribution >= 4 is 22.9 Å². The molecular weight excluding hydrogens is 452 g/mol. The van der Waals surface area contributed by atoms with Crippen LogP contribution in [0.3, 0.4) is 0 Å². The van der Waals surface area contributed by atoms with E-state index in [-0.39, 0.29) is 30.5 Å². The maximum absolute atomic E-state index is 13.4. The molecule has 0 spiro atoms. The Morgan fingerprint density at radius 2 is 1.69 bits per heavy atom. The Morgan fingerprint density at radius 3 is 2.46 bits per heavy atom. The van der Waals surface area contributed by atoms with Gasteiger partial charge in [-0.3, -0.25) is 4.79 Å². The molecule has 35 heavy (non-hydrogen) atoms. The summed E-state index contributed by atoms with van der Waals surface area (Å²) in [7, 11) is 0. The monoisotopic (exact) mass is 477 g/mol. The number of alkyl carbamates (subject to hydrolysis) is 1. The van der Waals surface area contributed by atoms with E-state index in [4.69, 9.17) is 4.74 Å². The van der Waals surface area contributed by atoms with Crippen LogP contribution in [0.1, 0.15) is 29.7 Å². The predicted octanol–water partition coefficient (Wildman–Crippen LogP) is 5.16. The van der Waals surface area contributed by atoms with Crippen LogP contribution in [0.4, 0.5) is 13.6 Å². The maximum Gasteiger partial charge on any atom is 0.408 e. The van der Waals surface area contributed by atoms with Crippen molar-refractivity contribution in [3.05, 3.63) is 107 Å². The summed E-state index contributed by atoms with van der Waals surface area (Å²) >= 11 is 0. The van der Waals surface area contributed by atoms with Crippen molar-refractivity contribution < 1.29 is 23.1 Å². The van der Waals surface area contributed by atoms with Crippen molar-refractivity contribution in [2.24, 2.45) is 0 Å². The van der Waals surface area contributed by atoms with E-state index in [0.717, 1.165) is 34.2 Å². The van der Waals surface area contributed by atoms with Gasteiger partial charge in [-0.1, -0.05) is 54.6 Å². The minimum Gasteiger partial charge on any atom is -0.445 e. The normalized spacial score (nSPS) is 12.7. The molecule has 1 heterocycles. The summed E-state index contributed by atoms with van der Waals surface area (Å²) in [6.45, 7) is 1.59. The first-order valence-electron chi connectivity index (χ1n) is 11.2. The molecule has 0 fully saturated rings. The van der Waals surface area contributed by atoms with Crippen LogP contribution >= 0.6 is 0 Å². The number of carbonyl (C=O) groups excluding carboxylic acids is 2. The van der Waals surface area contributed by atoms with Crippen LogP contribution in [0.15, 0.2) is 79.0 Å². The van der Waals surface area contributed by atoms with E-state index >= 15 is 0 Å². The lowest BCUT2D eigenvalue weighted by Crippen LogP contribution is -2.48. The summed E-state index contributed by atoms with van der Waals surface area (Å²) in [5.41, 5.74) is 2.98. The molecule has 3 aromatic carbocycles. The van der Waals surface area contributed by atoms with E-state index in [9.17, 15) is 18.4 Å². The number of nitrogens with one attached hydrogen (secondary N) is 3. The van der Waals surface area contributed by atoms with Gasteiger partial charge in [0.25, 0.3) is 0 Å². The lowest BCUT2D eigenvalue weighted by atomic mass is 10.0. The molecule has 180 valence electrons. The zero-order valence-electron chi connectivity index (χ0n) is 19.1. The maximum atomic E-state index is 13.4. The fourth-order valence-corrected chi connectivity index (χ4v) is 3.83. The molecule has 2 amide bonds. The van der Waals surface area contributed by atoms with Gasteiger partial charge in [0.1, 0.15) is 12.6 Å². The van der Waals surface area contributed by atoms with Crippen LogP contribution in [0.5, 0.6) is 0 Å². The molecule has 3 N–H and O–H groups in total. The number of para-hydroxylation sites is 1. The summed E-state index contributed by atoms with van der Waals surface area (Å²) in [4.78, 5) is 28.9. The first kappa shape index (κ1) is 23.9. The quantitative estimate of drug-likeness (QED) is 0.328. The summed E-state index contributed by atoms with van der Waals surface area (Å²) < 4.78 is 31.7. The first-order valence-corrected chi connectivity index (χ1v) is 11.2. The van der Waals surface area contributed by atoms with Crippen LogP contribution < -0.4 is 10.6 Å². The molecule has 0 bridgehead atoms. The molecule has 0 radical (unpaired) electrons. The molecule has 0 aliphatic heterocycles. The lowest BCUT2D eigenvalue weighted by Gasteiger charge is -2.21. The zero-order chi connectivity index (χ0) is 24.8. The third-order valence-electron chi connectivity index (χ3n) is 5.72. The Kier molecular flexibility index (Phi) is 7.40. The van der Waals surface area contributed by atoms with E-state index in [1.54, 1.807) is 6.20 Å². The number of halogens is 2. The van der Waals surface area contributed by atoms with Gasteiger partial charge in [0, 0.05) is 23.5 Å². The number of aromatic amines is 1. The lowest BCUT2D eigenvalue weighted by molar-refractivity contribution is -0.123. The molecule has 1 aromatic heterocycles. The van der Waals surface area contributed by atoms with E-state index in [2.05, 4.69) is 15.6 Å². The highest BCUT2D eigenvalue weighted by molar-refractivity contribution is 5.88. The second-order valence-electron chi connectivity index (χ2n) is 8.23. The fourth-order valence-electron chi connectivity index (χ4n) is 3.83. The van der Waals surface area contributed by atoms with E-state index < -0.39 is 23.8 Å². The number of rotatable bonds is 8. The highest BCUT2D eigenvalue weighted by Crippen LogP contribution is 2.20. The van der Waals surface area contributed by atoms with Crippen molar-refractivity contribution in [3.8, 4) is 0 Å². The number of H-pyrrole nitrogens is 1. The van der Waals surface area contributed by atoms with E-state index in [1.807, 2.05) is 61.5 Å². The summed E-state index contributed by atoms with van der Waals surface area (Å²) in [5.74, 6) is -2.39. The third-order valence-corrected chi connectivity index (χ3v) is 5.72. The highest BCUT2D eigenvalue weighted by atomic mass is 19.2. The molecule has 6 nitrogen and oxygen atoms in total. The molecule has 0 unspecified atom stereocenters. The van der Waals surface area contributed by atoms with Crippen LogP contribution in [-0.2, 0) is 22.6 Å². The number of benzene rings is 3. The van der Waals surface area contributed by atoms with Crippen molar-refractivity contribution in [2.75, 3.05) is 0 Å². The van der Waals surface area contributed by atoms with Gasteiger partial charge >= 0.3 is 6.09 Å². The van der Waals surface area contributed by atoms with Gasteiger partial charge < -0.3 is 20.4 Å². The number of carbonyl (C=O) groups is 2. The van der Waals surface area contributed by atoms with Crippen molar-refractivity contribution in [2.45, 2.75) is 32.0 Å². The molecule has 2 atom stereocenters. The molecule has 0 aliphatic carbocycles. The van der Waals surface area contributed by atoms with Gasteiger partial charge in [0.2, 0.25) is 5.91 Å².